The van der Waals surface area contributed by atoms with Gasteiger partial charge in [-0.25, -0.2) is 9.59 Å². The number of methoxy groups -OCH3 is 2. The minimum atomic E-state index is -1.69. The van der Waals surface area contributed by atoms with E-state index in [0.717, 1.165) is 18.2 Å². The highest BCUT2D eigenvalue weighted by Crippen LogP contribution is 2.22. The van der Waals surface area contributed by atoms with Crippen LogP contribution in [0.3, 0.4) is 0 Å². The van der Waals surface area contributed by atoms with E-state index < -0.39 is 62.3 Å². The van der Waals surface area contributed by atoms with Crippen LogP contribution in [0.5, 0.6) is 0 Å². The van der Waals surface area contributed by atoms with Crippen LogP contribution in [0, 0.1) is 37.3 Å². The quantitative estimate of drug-likeness (QED) is 0.0292. The number of aryl methyl sites for hydroxylation is 1. The number of carbonyl (C=O) groups is 2. The van der Waals surface area contributed by atoms with Crippen molar-refractivity contribution in [3.63, 3.8) is 0 Å². The summed E-state index contributed by atoms with van der Waals surface area (Å²) in [7, 11) is -5.53. The second-order valence-electron chi connectivity index (χ2n) is 12.2. The number of non-ortho nitro benzene ring substituents is 1. The van der Waals surface area contributed by atoms with Crippen LogP contribution in [0.4, 0.5) is 17.1 Å². The number of halogens is 1. The highest BCUT2D eigenvalue weighted by Gasteiger charge is 2.20. The number of benzene rings is 5. The minimum absolute atomic E-state index is 0.0925. The normalized spacial score (nSPS) is 9.59. The molecule has 0 fully saturated rings. The predicted molar refractivity (Wildman–Crippen MR) is 236 cm³/mol. The highest BCUT2D eigenvalue weighted by molar-refractivity contribution is 9.10. The van der Waals surface area contributed by atoms with E-state index >= 15 is 0 Å². The predicted octanol–water partition coefficient (Wildman–Crippen LogP) is -2.80. The average molecular weight is 954 g/mol. The first-order valence-electron chi connectivity index (χ1n) is 17.6. The molecule has 0 aliphatic carbocycles. The Kier molecular flexibility index (Phi) is 24.0. The van der Waals surface area contributed by atoms with Crippen molar-refractivity contribution < 1.29 is 84.1 Å². The number of nitro benzene ring substituents is 3. The number of nitro groups is 3. The second-order valence-corrected chi connectivity index (χ2v) is 13.1. The van der Waals surface area contributed by atoms with Crippen LogP contribution in [0.15, 0.2) is 114 Å². The lowest BCUT2D eigenvalue weighted by Gasteiger charge is -2.02. The zero-order valence-corrected chi connectivity index (χ0v) is 35.1. The van der Waals surface area contributed by atoms with E-state index in [-0.39, 0.29) is 38.9 Å². The maximum atomic E-state index is 11.0. The molecule has 5 aromatic carbocycles. The molecule has 0 aromatic heterocycles. The molecule has 23 nitrogen and oxygen atoms in total. The first-order chi connectivity index (χ1) is 29.9. The number of carbonyl (C=O) groups excluding carboxylic acids is 2. The first-order valence-corrected chi connectivity index (χ1v) is 18.3. The molecule has 0 atom stereocenters. The minimum Gasteiger partial charge on any atom is -0.465 e. The van der Waals surface area contributed by atoms with Gasteiger partial charge in [0.1, 0.15) is 0 Å². The Morgan fingerprint density at radius 1 is 0.484 bits per heavy atom. The van der Waals surface area contributed by atoms with E-state index in [2.05, 4.69) is 25.4 Å². The van der Waals surface area contributed by atoms with Gasteiger partial charge in [0, 0.05) is 29.8 Å². The van der Waals surface area contributed by atoms with Crippen molar-refractivity contribution in [3.05, 3.63) is 161 Å². The van der Waals surface area contributed by atoms with Crippen molar-refractivity contribution in [2.45, 2.75) is 6.92 Å². The van der Waals surface area contributed by atoms with Gasteiger partial charge in [0.25, 0.3) is 17.1 Å². The van der Waals surface area contributed by atoms with Crippen LogP contribution >= 0.6 is 15.9 Å². The molecule has 64 heavy (non-hydrogen) atoms. The van der Waals surface area contributed by atoms with E-state index in [4.69, 9.17) is 50.2 Å². The van der Waals surface area contributed by atoms with Gasteiger partial charge in [-0.05, 0) is 80.5 Å². The topological polar surface area (TPSA) is 384 Å². The third-order valence-electron chi connectivity index (χ3n) is 7.81. The Morgan fingerprint density at radius 2 is 0.875 bits per heavy atom. The number of hydrogen-bond acceptors (Lipinski definition) is 20. The van der Waals surface area contributed by atoms with Gasteiger partial charge in [0.2, 0.25) is 0 Å². The molecule has 0 aliphatic rings. The summed E-state index contributed by atoms with van der Waals surface area (Å²) in [6.45, 7) is 1.59. The van der Waals surface area contributed by atoms with Crippen LogP contribution in [-0.4, -0.2) is 127 Å². The van der Waals surface area contributed by atoms with Crippen LogP contribution < -0.4 is 27.3 Å². The molecule has 10 N–H and O–H groups in total. The lowest BCUT2D eigenvalue weighted by atomic mass is 9.80. The fourth-order valence-corrected chi connectivity index (χ4v) is 4.86. The molecule has 0 saturated heterocycles. The van der Waals surface area contributed by atoms with Crippen molar-refractivity contribution in [3.8, 4) is 0 Å². The second kappa shape index (κ2) is 27.6. The molecule has 0 saturated carbocycles. The van der Waals surface area contributed by atoms with Gasteiger partial charge in [-0.15, -0.1) is 0 Å². The smallest absolute Gasteiger partial charge is 0.465 e. The summed E-state index contributed by atoms with van der Waals surface area (Å²) in [5, 5.41) is 118. The molecule has 0 heterocycles. The Hall–Kier alpha value is -6.36. The SMILES string of the molecule is COC(=O)c1ccc(B(O)O)cc1.COC(=O)c1cccc(B(O)O)c1.Cc1ccc(B(O)O)cc1[N+](=O)[O-].O=[N+]([O-])c1cc(B(O)O)ccc1Br.O=[N+]([O-])c1cccc(B(O)O)c1. The molecule has 334 valence electrons. The summed E-state index contributed by atoms with van der Waals surface area (Å²) in [6.07, 6.45) is 0. The zero-order chi connectivity index (χ0) is 48.8. The van der Waals surface area contributed by atoms with Gasteiger partial charge in [-0.1, -0.05) is 54.6 Å². The summed E-state index contributed by atoms with van der Waals surface area (Å²) in [5.74, 6) is -0.943. The van der Waals surface area contributed by atoms with E-state index in [1.54, 1.807) is 13.0 Å². The summed E-state index contributed by atoms with van der Waals surface area (Å²) in [5.41, 5.74) is 1.66. The summed E-state index contributed by atoms with van der Waals surface area (Å²) in [6, 6.07) is 25.0. The van der Waals surface area contributed by atoms with E-state index in [1.165, 1.54) is 99.1 Å². The Labute approximate surface area is 372 Å². The lowest BCUT2D eigenvalue weighted by molar-refractivity contribution is -0.385. The van der Waals surface area contributed by atoms with Crippen LogP contribution in [0.1, 0.15) is 26.3 Å². The van der Waals surface area contributed by atoms with E-state index in [0.29, 0.717) is 26.6 Å². The molecular weight excluding hydrogens is 916 g/mol. The van der Waals surface area contributed by atoms with Gasteiger partial charge < -0.3 is 59.7 Å². The Bertz CT molecular complexity index is 2280. The average Bonchev–Trinajstić information content (AvgIpc) is 3.26. The van der Waals surface area contributed by atoms with E-state index in [1.807, 2.05) is 0 Å². The molecule has 5 rings (SSSR count). The molecule has 0 spiro atoms. The standard InChI is InChI=1S/2C8H9BO4.C7H8BNO4.C6H5BBrNO4.C6H6BNO4/c1-13-8(10)6-2-4-7(5-3-6)9(11)12;1-13-8(10)6-3-2-4-7(5-6)9(11)12;1-5-2-3-6(8(10)11)4-7(5)9(12)13;8-5-2-1-4(7(10)11)3-6(5)9(12)13;9-7(10)5-2-1-3-6(4-5)8(11)12/h2*2-5,11-12H,1H3;2-4,10-11H,1H3;1-3,10-11H;1-4,9-10H. The zero-order valence-electron chi connectivity index (χ0n) is 33.6. The van der Waals surface area contributed by atoms with Crippen LogP contribution in [0.25, 0.3) is 0 Å². The monoisotopic (exact) mass is 953 g/mol. The number of hydrogen-bond donors (Lipinski definition) is 10. The van der Waals surface area contributed by atoms with E-state index in [9.17, 15) is 39.9 Å². The Morgan fingerprint density at radius 3 is 1.31 bits per heavy atom. The van der Waals surface area contributed by atoms with Crippen molar-refractivity contribution in [2.24, 2.45) is 0 Å². The van der Waals surface area contributed by atoms with Crippen LogP contribution in [0.2, 0.25) is 0 Å². The number of nitrogens with zero attached hydrogens (tertiary/aromatic N) is 3. The van der Waals surface area contributed by atoms with Gasteiger partial charge in [-0.3, -0.25) is 30.3 Å². The third kappa shape index (κ3) is 18.9. The van der Waals surface area contributed by atoms with Crippen molar-refractivity contribution >= 4 is 108 Å². The molecule has 0 amide bonds. The highest BCUT2D eigenvalue weighted by atomic mass is 79.9. The molecule has 29 heteroatoms. The summed E-state index contributed by atoms with van der Waals surface area (Å²) < 4.78 is 9.25. The van der Waals surface area contributed by atoms with Gasteiger partial charge in [-0.2, -0.15) is 0 Å². The van der Waals surface area contributed by atoms with Gasteiger partial charge in [0.05, 0.1) is 44.6 Å². The fourth-order valence-electron chi connectivity index (χ4n) is 4.47. The molecule has 5 aromatic rings. The van der Waals surface area contributed by atoms with Gasteiger partial charge in [0.15, 0.2) is 0 Å². The number of ether oxygens (including phenoxy) is 2. The molecule has 0 bridgehead atoms. The van der Waals surface area contributed by atoms with Crippen molar-refractivity contribution in [1.82, 2.24) is 0 Å². The molecule has 0 radical (unpaired) electrons. The number of esters is 2. The van der Waals surface area contributed by atoms with Crippen molar-refractivity contribution in [2.75, 3.05) is 14.2 Å². The largest absolute Gasteiger partial charge is 0.488 e. The molecular formula is C35H37B5BrN3O20. The molecule has 0 aliphatic heterocycles. The van der Waals surface area contributed by atoms with Gasteiger partial charge >= 0.3 is 47.5 Å². The maximum Gasteiger partial charge on any atom is 0.488 e. The lowest BCUT2D eigenvalue weighted by Crippen LogP contribution is -2.30. The van der Waals surface area contributed by atoms with Crippen molar-refractivity contribution in [1.29, 1.82) is 0 Å². The fraction of sp³-hybridized carbons (Fsp3) is 0.0857. The Balaban J connectivity index is 0.000000400. The molecule has 0 unspecified atom stereocenters. The third-order valence-corrected chi connectivity index (χ3v) is 8.48. The van der Waals surface area contributed by atoms with Crippen LogP contribution in [-0.2, 0) is 9.47 Å². The summed E-state index contributed by atoms with van der Waals surface area (Å²) >= 11 is 2.98. The maximum absolute atomic E-state index is 11.0. The number of rotatable bonds is 10. The first kappa shape index (κ1) is 55.7. The summed E-state index contributed by atoms with van der Waals surface area (Å²) in [4.78, 5) is 51.3.